The number of carbonyl (C=O) groups is 1. The van der Waals surface area contributed by atoms with Crippen molar-refractivity contribution in [1.82, 2.24) is 15.1 Å². The number of carbonyl (C=O) groups excluding carboxylic acids is 1. The summed E-state index contributed by atoms with van der Waals surface area (Å²) in [6, 6.07) is 7.24. The van der Waals surface area contributed by atoms with Crippen molar-refractivity contribution in [2.45, 2.75) is 38.5 Å². The zero-order valence-corrected chi connectivity index (χ0v) is 15.5. The van der Waals surface area contributed by atoms with Gasteiger partial charge in [-0.25, -0.2) is 0 Å². The van der Waals surface area contributed by atoms with Crippen molar-refractivity contribution < 1.29 is 18.7 Å². The highest BCUT2D eigenvalue weighted by atomic mass is 16.5. The largest absolute Gasteiger partial charge is 0.497 e. The molecule has 1 aromatic carbocycles. The lowest BCUT2D eigenvalue weighted by Crippen LogP contribution is -2.40. The first-order valence-electron chi connectivity index (χ1n) is 8.94. The van der Waals surface area contributed by atoms with Crippen molar-refractivity contribution in [3.05, 3.63) is 36.0 Å². The number of benzene rings is 1. The normalized spacial score (nSPS) is 15.3. The molecule has 26 heavy (non-hydrogen) atoms. The summed E-state index contributed by atoms with van der Waals surface area (Å²) >= 11 is 0. The molecule has 2 heterocycles. The van der Waals surface area contributed by atoms with Gasteiger partial charge in [0, 0.05) is 31.0 Å². The molecule has 3 rings (SSSR count). The van der Waals surface area contributed by atoms with Gasteiger partial charge in [0.25, 0.3) is 5.91 Å². The van der Waals surface area contributed by atoms with Gasteiger partial charge in [-0.2, -0.15) is 0 Å². The Morgan fingerprint density at radius 2 is 2.00 bits per heavy atom. The van der Waals surface area contributed by atoms with Crippen LogP contribution in [0.1, 0.15) is 50.3 Å². The number of amides is 1. The Labute approximate surface area is 153 Å². The number of piperidine rings is 1. The molecular formula is C19H25N3O4. The van der Waals surface area contributed by atoms with E-state index in [1.807, 2.05) is 36.9 Å². The van der Waals surface area contributed by atoms with Gasteiger partial charge in [-0.15, -0.1) is 10.2 Å². The minimum Gasteiger partial charge on any atom is -0.497 e. The Balaban J connectivity index is 1.48. The quantitative estimate of drug-likeness (QED) is 0.789. The van der Waals surface area contributed by atoms with Gasteiger partial charge in [0.2, 0.25) is 11.8 Å². The summed E-state index contributed by atoms with van der Waals surface area (Å²) in [6.45, 7) is 5.42. The summed E-state index contributed by atoms with van der Waals surface area (Å²) in [6.07, 6.45) is 1.65. The Hall–Kier alpha value is -2.57. The average molecular weight is 359 g/mol. The summed E-state index contributed by atoms with van der Waals surface area (Å²) in [4.78, 5) is 14.2. The smallest absolute Gasteiger partial charge is 0.260 e. The predicted molar refractivity (Wildman–Crippen MR) is 95.4 cm³/mol. The molecule has 0 bridgehead atoms. The summed E-state index contributed by atoms with van der Waals surface area (Å²) < 4.78 is 16.5. The molecule has 0 aliphatic carbocycles. The minimum atomic E-state index is -0.0142. The van der Waals surface area contributed by atoms with Crippen LogP contribution in [0.15, 0.2) is 28.7 Å². The van der Waals surface area contributed by atoms with E-state index >= 15 is 0 Å². The number of likely N-dealkylation sites (tertiary alicyclic amines) is 1. The molecule has 1 fully saturated rings. The number of rotatable bonds is 6. The molecule has 2 aromatic rings. The second-order valence-electron chi connectivity index (χ2n) is 6.76. The molecule has 1 aromatic heterocycles. The van der Waals surface area contributed by atoms with E-state index < -0.39 is 0 Å². The first kappa shape index (κ1) is 18.2. The number of aromatic nitrogens is 2. The van der Waals surface area contributed by atoms with Crippen LogP contribution < -0.4 is 9.47 Å². The average Bonchev–Trinajstić information content (AvgIpc) is 3.17. The predicted octanol–water partition coefficient (Wildman–Crippen LogP) is 2.99. The molecule has 1 saturated heterocycles. The maximum absolute atomic E-state index is 12.4. The molecule has 0 spiro atoms. The van der Waals surface area contributed by atoms with E-state index in [9.17, 15) is 4.79 Å². The van der Waals surface area contributed by atoms with Crippen LogP contribution in [0.2, 0.25) is 0 Å². The third-order valence-corrected chi connectivity index (χ3v) is 4.55. The zero-order valence-electron chi connectivity index (χ0n) is 15.5. The van der Waals surface area contributed by atoms with Gasteiger partial charge in [0.05, 0.1) is 7.11 Å². The molecule has 0 radical (unpaired) electrons. The molecular weight excluding hydrogens is 334 g/mol. The maximum atomic E-state index is 12.4. The Bertz CT molecular complexity index is 736. The van der Waals surface area contributed by atoms with Gasteiger partial charge >= 0.3 is 0 Å². The van der Waals surface area contributed by atoms with Gasteiger partial charge in [0.15, 0.2) is 6.61 Å². The second kappa shape index (κ2) is 8.21. The molecule has 1 aliphatic heterocycles. The van der Waals surface area contributed by atoms with Gasteiger partial charge in [0.1, 0.15) is 11.5 Å². The maximum Gasteiger partial charge on any atom is 0.260 e. The third kappa shape index (κ3) is 4.33. The van der Waals surface area contributed by atoms with Crippen molar-refractivity contribution in [1.29, 1.82) is 0 Å². The van der Waals surface area contributed by atoms with Crippen LogP contribution in [0, 0.1) is 0 Å². The first-order valence-corrected chi connectivity index (χ1v) is 8.94. The fourth-order valence-electron chi connectivity index (χ4n) is 2.95. The molecule has 1 amide bonds. The Kier molecular flexibility index (Phi) is 5.75. The van der Waals surface area contributed by atoms with E-state index in [-0.39, 0.29) is 24.3 Å². The van der Waals surface area contributed by atoms with Crippen LogP contribution in [0.5, 0.6) is 11.5 Å². The second-order valence-corrected chi connectivity index (χ2v) is 6.76. The van der Waals surface area contributed by atoms with E-state index in [0.29, 0.717) is 36.4 Å². The monoisotopic (exact) mass is 359 g/mol. The van der Waals surface area contributed by atoms with Gasteiger partial charge in [-0.05, 0) is 25.0 Å². The van der Waals surface area contributed by atoms with Crippen LogP contribution in [0.25, 0.3) is 0 Å². The van der Waals surface area contributed by atoms with E-state index in [4.69, 9.17) is 13.9 Å². The van der Waals surface area contributed by atoms with Crippen LogP contribution in [-0.2, 0) is 4.79 Å². The topological polar surface area (TPSA) is 77.7 Å². The lowest BCUT2D eigenvalue weighted by Gasteiger charge is -2.30. The summed E-state index contributed by atoms with van der Waals surface area (Å²) in [5.74, 6) is 3.12. The third-order valence-electron chi connectivity index (χ3n) is 4.55. The van der Waals surface area contributed by atoms with Crippen molar-refractivity contribution >= 4 is 5.91 Å². The minimum absolute atomic E-state index is 0.0142. The van der Waals surface area contributed by atoms with Gasteiger partial charge in [-0.1, -0.05) is 19.9 Å². The highest BCUT2D eigenvalue weighted by Crippen LogP contribution is 2.28. The summed E-state index contributed by atoms with van der Waals surface area (Å²) in [7, 11) is 1.60. The number of hydrogen-bond donors (Lipinski definition) is 0. The molecule has 0 unspecified atom stereocenters. The highest BCUT2D eigenvalue weighted by molar-refractivity contribution is 5.77. The molecule has 7 nitrogen and oxygen atoms in total. The fraction of sp³-hybridized carbons (Fsp3) is 0.526. The zero-order chi connectivity index (χ0) is 18.5. The standard InChI is InChI=1S/C19H25N3O4/c1-13(2)18-20-21-19(26-18)14-7-9-22(10-8-14)17(23)12-25-16-6-4-5-15(11-16)24-3/h4-6,11,13-14H,7-10,12H2,1-3H3. The van der Waals surface area contributed by atoms with Crippen LogP contribution in [0.3, 0.4) is 0 Å². The number of ether oxygens (including phenoxy) is 2. The van der Waals surface area contributed by atoms with E-state index in [1.54, 1.807) is 13.2 Å². The van der Waals surface area contributed by atoms with E-state index in [1.165, 1.54) is 0 Å². The van der Waals surface area contributed by atoms with Crippen molar-refractivity contribution in [3.63, 3.8) is 0 Å². The Morgan fingerprint density at radius 1 is 1.27 bits per heavy atom. The summed E-state index contributed by atoms with van der Waals surface area (Å²) in [5, 5.41) is 8.26. The Morgan fingerprint density at radius 3 is 2.65 bits per heavy atom. The van der Waals surface area contributed by atoms with Crippen LogP contribution >= 0.6 is 0 Å². The van der Waals surface area contributed by atoms with Gasteiger partial charge in [-0.3, -0.25) is 4.79 Å². The molecule has 140 valence electrons. The molecule has 1 aliphatic rings. The fourth-order valence-corrected chi connectivity index (χ4v) is 2.95. The SMILES string of the molecule is COc1cccc(OCC(=O)N2CCC(c3nnc(C(C)C)o3)CC2)c1. The van der Waals surface area contributed by atoms with Crippen molar-refractivity contribution in [3.8, 4) is 11.5 Å². The number of nitrogens with zero attached hydrogens (tertiary/aromatic N) is 3. The summed E-state index contributed by atoms with van der Waals surface area (Å²) in [5.41, 5.74) is 0. The number of methoxy groups -OCH3 is 1. The van der Waals surface area contributed by atoms with E-state index in [2.05, 4.69) is 10.2 Å². The first-order chi connectivity index (χ1) is 12.6. The van der Waals surface area contributed by atoms with Gasteiger partial charge < -0.3 is 18.8 Å². The lowest BCUT2D eigenvalue weighted by atomic mass is 9.97. The van der Waals surface area contributed by atoms with Crippen LogP contribution in [0.4, 0.5) is 0 Å². The molecule has 7 heteroatoms. The number of hydrogen-bond acceptors (Lipinski definition) is 6. The van der Waals surface area contributed by atoms with Crippen molar-refractivity contribution in [2.24, 2.45) is 0 Å². The molecule has 0 N–H and O–H groups in total. The lowest BCUT2D eigenvalue weighted by molar-refractivity contribution is -0.134. The molecule has 0 atom stereocenters. The van der Waals surface area contributed by atoms with E-state index in [0.717, 1.165) is 12.8 Å². The van der Waals surface area contributed by atoms with Crippen molar-refractivity contribution in [2.75, 3.05) is 26.8 Å². The van der Waals surface area contributed by atoms with Crippen LogP contribution in [-0.4, -0.2) is 47.8 Å². The molecule has 0 saturated carbocycles. The highest BCUT2D eigenvalue weighted by Gasteiger charge is 2.27.